The van der Waals surface area contributed by atoms with Crippen LogP contribution in [0, 0.1) is 23.2 Å². The van der Waals surface area contributed by atoms with Gasteiger partial charge in [0.15, 0.2) is 6.29 Å². The zero-order chi connectivity index (χ0) is 29.6. The smallest absolute Gasteiger partial charge is 0.314 e. The molecule has 0 radical (unpaired) electrons. The summed E-state index contributed by atoms with van der Waals surface area (Å²) in [6.07, 6.45) is 8.38. The topological polar surface area (TPSA) is 147 Å². The van der Waals surface area contributed by atoms with Crippen molar-refractivity contribution < 1.29 is 14.3 Å². The van der Waals surface area contributed by atoms with Gasteiger partial charge in [-0.3, -0.25) is 25.3 Å². The summed E-state index contributed by atoms with van der Waals surface area (Å²) in [5.74, 6) is 1.69. The van der Waals surface area contributed by atoms with Crippen LogP contribution in [-0.2, 0) is 9.47 Å². The van der Waals surface area contributed by atoms with Crippen molar-refractivity contribution in [1.29, 1.82) is 5.26 Å². The van der Waals surface area contributed by atoms with Crippen molar-refractivity contribution in [2.24, 2.45) is 22.6 Å². The van der Waals surface area contributed by atoms with Crippen LogP contribution in [0.5, 0.6) is 0 Å². The number of primary amides is 1. The van der Waals surface area contributed by atoms with Gasteiger partial charge in [0, 0.05) is 76.9 Å². The van der Waals surface area contributed by atoms with E-state index in [1.165, 1.54) is 51.9 Å². The Morgan fingerprint density at radius 3 is 2.44 bits per heavy atom. The van der Waals surface area contributed by atoms with Crippen molar-refractivity contribution in [3.05, 3.63) is 11.8 Å². The number of nitrogens with two attached hydrogens (primary N) is 1. The number of allylic oxidation sites excluding steroid dienone is 2. The minimum absolute atomic E-state index is 0.0942. The summed E-state index contributed by atoms with van der Waals surface area (Å²) >= 11 is 0. The fourth-order valence-corrected chi connectivity index (χ4v) is 7.43. The number of piperazine rings is 2. The van der Waals surface area contributed by atoms with E-state index in [9.17, 15) is 10.1 Å². The maximum absolute atomic E-state index is 11.3. The molecule has 0 aromatic heterocycles. The molecule has 0 aromatic rings. The number of hydrogen-bond donors (Lipinski definition) is 4. The van der Waals surface area contributed by atoms with E-state index < -0.39 is 0 Å². The highest BCUT2D eigenvalue weighted by atomic mass is 16.5. The van der Waals surface area contributed by atoms with Crippen LogP contribution in [0.25, 0.3) is 0 Å². The molecule has 3 saturated heterocycles. The van der Waals surface area contributed by atoms with E-state index in [1.54, 1.807) is 4.90 Å². The number of nitrogens with zero attached hydrogens (tertiary/aromatic N) is 6. The molecule has 0 bridgehead atoms. The first kappa shape index (κ1) is 30.6. The van der Waals surface area contributed by atoms with Crippen molar-refractivity contribution >= 4 is 11.9 Å². The molecule has 3 atom stereocenters. The molecule has 4 aliphatic heterocycles. The minimum Gasteiger partial charge on any atom is -0.496 e. The van der Waals surface area contributed by atoms with Crippen molar-refractivity contribution in [3.63, 3.8) is 0 Å². The number of nitriles is 1. The standard InChI is InChI=1S/C30H50N10O3/c31-18-23-17-22(1-6-27(23)43-16-15-37-7-9-40(10-8-37)29(32)41)28-33-21-34-30(36-28)35-24-2-4-25(5-3-24)38-11-13-39(14-12-38)26-19-42-20-26/h6,22-26,30,34-35H,1-5,7-17,19-21H2,(H2,32,41)(H,33,36)/t22-,23+,24-,25+,30-/m1/s1. The first-order valence-corrected chi connectivity index (χ1v) is 16.4. The maximum atomic E-state index is 11.3. The summed E-state index contributed by atoms with van der Waals surface area (Å²) in [5, 5.41) is 20.6. The van der Waals surface area contributed by atoms with E-state index in [4.69, 9.17) is 20.2 Å². The lowest BCUT2D eigenvalue weighted by Crippen LogP contribution is -2.59. The Labute approximate surface area is 255 Å². The van der Waals surface area contributed by atoms with Crippen molar-refractivity contribution in [2.75, 3.05) is 85.4 Å². The number of carbonyl (C=O) groups is 1. The Morgan fingerprint density at radius 2 is 1.79 bits per heavy atom. The lowest BCUT2D eigenvalue weighted by molar-refractivity contribution is -0.0809. The van der Waals surface area contributed by atoms with E-state index in [-0.39, 0.29) is 24.2 Å². The van der Waals surface area contributed by atoms with E-state index >= 15 is 0 Å². The largest absolute Gasteiger partial charge is 0.496 e. The lowest BCUT2D eigenvalue weighted by Gasteiger charge is -2.46. The molecule has 4 fully saturated rings. The average molecular weight is 599 g/mol. The predicted molar refractivity (Wildman–Crippen MR) is 163 cm³/mol. The molecule has 0 aromatic carbocycles. The molecule has 43 heavy (non-hydrogen) atoms. The van der Waals surface area contributed by atoms with Gasteiger partial charge in [-0.2, -0.15) is 5.26 Å². The third-order valence-corrected chi connectivity index (χ3v) is 10.3. The maximum Gasteiger partial charge on any atom is 0.314 e. The van der Waals surface area contributed by atoms with Crippen molar-refractivity contribution in [2.45, 2.75) is 62.9 Å². The summed E-state index contributed by atoms with van der Waals surface area (Å²) in [6, 6.07) is 3.94. The highest BCUT2D eigenvalue weighted by Gasteiger charge is 2.34. The third-order valence-electron chi connectivity index (χ3n) is 10.3. The Bertz CT molecular complexity index is 1040. The quantitative estimate of drug-likeness (QED) is 0.283. The molecule has 1 saturated carbocycles. The van der Waals surface area contributed by atoms with Crippen molar-refractivity contribution in [3.8, 4) is 6.07 Å². The molecular formula is C30H50N10O3. The monoisotopic (exact) mass is 598 g/mol. The third kappa shape index (κ3) is 7.79. The normalized spacial score (nSPS) is 33.5. The van der Waals surface area contributed by atoms with Gasteiger partial charge >= 0.3 is 6.03 Å². The summed E-state index contributed by atoms with van der Waals surface area (Å²) in [6.45, 7) is 11.4. The molecule has 6 aliphatic rings. The fraction of sp³-hybridized carbons (Fsp3) is 0.833. The second kappa shape index (κ2) is 14.5. The van der Waals surface area contributed by atoms with E-state index in [0.29, 0.717) is 50.9 Å². The zero-order valence-corrected chi connectivity index (χ0v) is 25.5. The molecule has 2 aliphatic carbocycles. The number of ether oxygens (including phenoxy) is 2. The van der Waals surface area contributed by atoms with Gasteiger partial charge in [-0.1, -0.05) is 0 Å². The summed E-state index contributed by atoms with van der Waals surface area (Å²) in [5.41, 5.74) is 5.38. The van der Waals surface area contributed by atoms with E-state index in [1.807, 2.05) is 0 Å². The van der Waals surface area contributed by atoms with Crippen LogP contribution >= 0.6 is 0 Å². The zero-order valence-electron chi connectivity index (χ0n) is 25.5. The van der Waals surface area contributed by atoms with Gasteiger partial charge in [-0.25, -0.2) is 9.79 Å². The molecule has 6 rings (SSSR count). The number of rotatable bonds is 9. The number of urea groups is 1. The summed E-state index contributed by atoms with van der Waals surface area (Å²) in [4.78, 5) is 25.6. The first-order valence-electron chi connectivity index (χ1n) is 16.4. The minimum atomic E-state index is -0.354. The Morgan fingerprint density at radius 1 is 1.07 bits per heavy atom. The molecule has 0 spiro atoms. The average Bonchev–Trinajstić information content (AvgIpc) is 3.01. The molecule has 238 valence electrons. The van der Waals surface area contributed by atoms with Gasteiger partial charge in [0.05, 0.1) is 32.0 Å². The van der Waals surface area contributed by atoms with Gasteiger partial charge in [-0.05, 0) is 44.6 Å². The van der Waals surface area contributed by atoms with Crippen LogP contribution in [-0.4, -0.2) is 141 Å². The molecule has 2 amide bonds. The number of amides is 2. The number of amidine groups is 1. The van der Waals surface area contributed by atoms with E-state index in [2.05, 4.69) is 42.8 Å². The SMILES string of the molecule is N#C[C@@H]1C[C@H](C2=N[C@@H](N[C@H]3CC[C@@H](N4CCN(C5COC5)CC4)CC3)NCN2)CC=C1OCCN1CCN(C(N)=O)CC1. The second-order valence-electron chi connectivity index (χ2n) is 12.9. The number of nitrogens with one attached hydrogen (secondary N) is 3. The predicted octanol–water partition coefficient (Wildman–Crippen LogP) is -0.117. The fourth-order valence-electron chi connectivity index (χ4n) is 7.43. The van der Waals surface area contributed by atoms with Crippen molar-refractivity contribution in [1.82, 2.24) is 35.6 Å². The van der Waals surface area contributed by atoms with Gasteiger partial charge < -0.3 is 25.4 Å². The molecule has 0 unspecified atom stereocenters. The number of hydrogen-bond acceptors (Lipinski definition) is 11. The van der Waals surface area contributed by atoms with Crippen LogP contribution in [0.1, 0.15) is 38.5 Å². The molecule has 13 heteroatoms. The van der Waals surface area contributed by atoms with Crippen LogP contribution < -0.4 is 21.7 Å². The van der Waals surface area contributed by atoms with Crippen LogP contribution in [0.15, 0.2) is 16.8 Å². The van der Waals surface area contributed by atoms with Gasteiger partial charge in [0.25, 0.3) is 0 Å². The lowest BCUT2D eigenvalue weighted by atomic mass is 9.85. The first-order chi connectivity index (χ1) is 21.1. The highest BCUT2D eigenvalue weighted by molar-refractivity contribution is 5.85. The Kier molecular flexibility index (Phi) is 10.3. The van der Waals surface area contributed by atoms with Crippen LogP contribution in [0.2, 0.25) is 0 Å². The summed E-state index contributed by atoms with van der Waals surface area (Å²) < 4.78 is 11.5. The van der Waals surface area contributed by atoms with Gasteiger partial charge in [0.1, 0.15) is 24.1 Å². The second-order valence-corrected chi connectivity index (χ2v) is 12.9. The van der Waals surface area contributed by atoms with Gasteiger partial charge in [0.2, 0.25) is 0 Å². The Balaban J connectivity index is 0.921. The summed E-state index contributed by atoms with van der Waals surface area (Å²) in [7, 11) is 0. The molecule has 5 N–H and O–H groups in total. The van der Waals surface area contributed by atoms with Crippen LogP contribution in [0.3, 0.4) is 0 Å². The van der Waals surface area contributed by atoms with Crippen LogP contribution in [0.4, 0.5) is 4.79 Å². The molecule has 4 heterocycles. The number of carbonyl (C=O) groups excluding carboxylic acids is 1. The van der Waals surface area contributed by atoms with Gasteiger partial charge in [-0.15, -0.1) is 0 Å². The molecule has 13 nitrogen and oxygen atoms in total. The molecular weight excluding hydrogens is 548 g/mol. The Hall–Kier alpha value is -2.47. The highest BCUT2D eigenvalue weighted by Crippen LogP contribution is 2.31. The number of aliphatic imine (C=N–C) groups is 1. The van der Waals surface area contributed by atoms with E-state index in [0.717, 1.165) is 50.9 Å².